The number of carbonyl (C=O) groups is 2. The first-order chi connectivity index (χ1) is 11.9. The van der Waals surface area contributed by atoms with Crippen LogP contribution < -0.4 is 20.1 Å². The molecule has 2 aromatic carbocycles. The molecule has 6 nitrogen and oxygen atoms in total. The molecule has 0 fully saturated rings. The summed E-state index contributed by atoms with van der Waals surface area (Å²) in [6.45, 7) is 5.04. The monoisotopic (exact) mass is 342 g/mol. The van der Waals surface area contributed by atoms with Gasteiger partial charge in [-0.2, -0.15) is 0 Å². The molecule has 0 bridgehead atoms. The lowest BCUT2D eigenvalue weighted by molar-refractivity contribution is -0.122. The summed E-state index contributed by atoms with van der Waals surface area (Å²) in [7, 11) is 1.51. The molecule has 2 amide bonds. The molecule has 0 radical (unpaired) electrons. The number of hydrogen-bond acceptors (Lipinski definition) is 4. The van der Waals surface area contributed by atoms with E-state index in [1.807, 2.05) is 25.1 Å². The Morgan fingerprint density at radius 2 is 1.84 bits per heavy atom. The Morgan fingerprint density at radius 3 is 2.48 bits per heavy atom. The lowest BCUT2D eigenvalue weighted by atomic mass is 10.2. The number of anilines is 2. The molecule has 0 aliphatic rings. The fraction of sp³-hybridized carbons (Fsp3) is 0.263. The molecule has 0 unspecified atom stereocenters. The van der Waals surface area contributed by atoms with Crippen molar-refractivity contribution in [3.63, 3.8) is 0 Å². The number of hydrogen-bond donors (Lipinski definition) is 2. The molecule has 0 saturated heterocycles. The number of methoxy groups -OCH3 is 1. The highest BCUT2D eigenvalue weighted by Crippen LogP contribution is 2.28. The largest absolute Gasteiger partial charge is 0.495 e. The third kappa shape index (κ3) is 5.24. The molecule has 0 aromatic heterocycles. The summed E-state index contributed by atoms with van der Waals surface area (Å²) >= 11 is 0. The third-order valence-electron chi connectivity index (χ3n) is 3.45. The van der Waals surface area contributed by atoms with Gasteiger partial charge in [0.05, 0.1) is 12.8 Å². The van der Waals surface area contributed by atoms with Crippen LogP contribution in [0, 0.1) is 6.92 Å². The molecule has 0 saturated carbocycles. The highest BCUT2D eigenvalue weighted by molar-refractivity contribution is 5.97. The highest BCUT2D eigenvalue weighted by Gasteiger charge is 2.17. The smallest absolute Gasteiger partial charge is 0.265 e. The summed E-state index contributed by atoms with van der Waals surface area (Å²) in [4.78, 5) is 23.6. The van der Waals surface area contributed by atoms with Crippen molar-refractivity contribution in [2.75, 3.05) is 17.7 Å². The second kappa shape index (κ2) is 8.19. The van der Waals surface area contributed by atoms with Gasteiger partial charge in [0.25, 0.3) is 5.91 Å². The number of aryl methyl sites for hydroxylation is 1. The predicted octanol–water partition coefficient (Wildman–Crippen LogP) is 3.37. The van der Waals surface area contributed by atoms with Gasteiger partial charge in [0.1, 0.15) is 11.5 Å². The summed E-state index contributed by atoms with van der Waals surface area (Å²) in [6.07, 6.45) is -0.698. The molecule has 0 aliphatic heterocycles. The first-order valence-corrected chi connectivity index (χ1v) is 7.89. The van der Waals surface area contributed by atoms with Gasteiger partial charge in [0.15, 0.2) is 6.10 Å². The zero-order chi connectivity index (χ0) is 18.4. The van der Waals surface area contributed by atoms with Crippen molar-refractivity contribution >= 4 is 23.2 Å². The quantitative estimate of drug-likeness (QED) is 0.844. The molecule has 132 valence electrons. The summed E-state index contributed by atoms with van der Waals surface area (Å²) in [5.74, 6) is 0.602. The zero-order valence-corrected chi connectivity index (χ0v) is 14.8. The second-order valence-electron chi connectivity index (χ2n) is 5.66. The van der Waals surface area contributed by atoms with Gasteiger partial charge in [-0.1, -0.05) is 12.1 Å². The number of ether oxygens (including phenoxy) is 2. The fourth-order valence-corrected chi connectivity index (χ4v) is 2.27. The van der Waals surface area contributed by atoms with E-state index in [1.54, 1.807) is 31.2 Å². The van der Waals surface area contributed by atoms with Gasteiger partial charge in [-0.25, -0.2) is 0 Å². The fourth-order valence-electron chi connectivity index (χ4n) is 2.27. The maximum atomic E-state index is 12.4. The molecule has 2 rings (SSSR count). The average Bonchev–Trinajstić information content (AvgIpc) is 2.54. The topological polar surface area (TPSA) is 76.7 Å². The van der Waals surface area contributed by atoms with E-state index in [2.05, 4.69) is 10.6 Å². The predicted molar refractivity (Wildman–Crippen MR) is 97.2 cm³/mol. The van der Waals surface area contributed by atoms with Gasteiger partial charge in [0.2, 0.25) is 5.91 Å². The number of carbonyl (C=O) groups excluding carboxylic acids is 2. The molecular formula is C19H22N2O4. The van der Waals surface area contributed by atoms with Crippen LogP contribution in [0.5, 0.6) is 11.5 Å². The number of rotatable bonds is 6. The van der Waals surface area contributed by atoms with Gasteiger partial charge < -0.3 is 20.1 Å². The summed E-state index contributed by atoms with van der Waals surface area (Å²) in [5, 5.41) is 5.44. The summed E-state index contributed by atoms with van der Waals surface area (Å²) in [6, 6.07) is 12.5. The van der Waals surface area contributed by atoms with E-state index < -0.39 is 6.10 Å². The molecule has 2 N–H and O–H groups in total. The van der Waals surface area contributed by atoms with Crippen LogP contribution in [0.15, 0.2) is 42.5 Å². The first-order valence-electron chi connectivity index (χ1n) is 7.89. The van der Waals surface area contributed by atoms with Crippen LogP contribution in [-0.2, 0) is 9.59 Å². The third-order valence-corrected chi connectivity index (χ3v) is 3.45. The Kier molecular flexibility index (Phi) is 6.00. The van der Waals surface area contributed by atoms with Crippen LogP contribution in [0.2, 0.25) is 0 Å². The van der Waals surface area contributed by atoms with Crippen molar-refractivity contribution in [1.29, 1.82) is 0 Å². The second-order valence-corrected chi connectivity index (χ2v) is 5.66. The van der Waals surface area contributed by atoms with E-state index in [9.17, 15) is 9.59 Å². The van der Waals surface area contributed by atoms with E-state index in [0.717, 1.165) is 5.56 Å². The van der Waals surface area contributed by atoms with Crippen molar-refractivity contribution in [2.24, 2.45) is 0 Å². The summed E-state index contributed by atoms with van der Waals surface area (Å²) in [5.41, 5.74) is 2.07. The van der Waals surface area contributed by atoms with E-state index in [1.165, 1.54) is 14.0 Å². The van der Waals surface area contributed by atoms with E-state index >= 15 is 0 Å². The van der Waals surface area contributed by atoms with E-state index in [0.29, 0.717) is 22.9 Å². The van der Waals surface area contributed by atoms with Gasteiger partial charge >= 0.3 is 0 Å². The minimum absolute atomic E-state index is 0.196. The maximum Gasteiger partial charge on any atom is 0.265 e. The van der Waals surface area contributed by atoms with Crippen molar-refractivity contribution in [2.45, 2.75) is 26.9 Å². The van der Waals surface area contributed by atoms with Crippen molar-refractivity contribution in [1.82, 2.24) is 0 Å². The lowest BCUT2D eigenvalue weighted by Gasteiger charge is -2.17. The molecule has 1 atom stereocenters. The molecule has 6 heteroatoms. The number of benzene rings is 2. The van der Waals surface area contributed by atoms with Crippen LogP contribution in [0.4, 0.5) is 11.4 Å². The SMILES string of the molecule is COc1ccc(NC(C)=O)cc1NC(=O)[C@@H](C)Oc1cccc(C)c1. The standard InChI is InChI=1S/C19H22N2O4/c1-12-6-5-7-16(10-12)25-13(2)19(23)21-17-11-15(20-14(3)22)8-9-18(17)24-4/h5-11,13H,1-4H3,(H,20,22)(H,21,23)/t13-/m1/s1. The van der Waals surface area contributed by atoms with Crippen LogP contribution in [0.25, 0.3) is 0 Å². The van der Waals surface area contributed by atoms with Crippen molar-refractivity contribution in [3.8, 4) is 11.5 Å². The van der Waals surface area contributed by atoms with Gasteiger partial charge in [0, 0.05) is 12.6 Å². The first kappa shape index (κ1) is 18.3. The molecule has 0 spiro atoms. The normalized spacial score (nSPS) is 11.4. The summed E-state index contributed by atoms with van der Waals surface area (Å²) < 4.78 is 10.9. The molecule has 25 heavy (non-hydrogen) atoms. The van der Waals surface area contributed by atoms with E-state index in [4.69, 9.17) is 9.47 Å². The average molecular weight is 342 g/mol. The minimum atomic E-state index is -0.698. The van der Waals surface area contributed by atoms with Gasteiger partial charge in [-0.15, -0.1) is 0 Å². The van der Waals surface area contributed by atoms with Crippen LogP contribution >= 0.6 is 0 Å². The molecule has 0 heterocycles. The van der Waals surface area contributed by atoms with E-state index in [-0.39, 0.29) is 11.8 Å². The Bertz CT molecular complexity index is 774. The van der Waals surface area contributed by atoms with Crippen LogP contribution in [0.1, 0.15) is 19.4 Å². The van der Waals surface area contributed by atoms with Gasteiger partial charge in [-0.05, 0) is 49.7 Å². The Morgan fingerprint density at radius 1 is 1.08 bits per heavy atom. The zero-order valence-electron chi connectivity index (χ0n) is 14.8. The van der Waals surface area contributed by atoms with Crippen molar-refractivity contribution < 1.29 is 19.1 Å². The Balaban J connectivity index is 2.11. The number of amides is 2. The lowest BCUT2D eigenvalue weighted by Crippen LogP contribution is -2.30. The van der Waals surface area contributed by atoms with Crippen LogP contribution in [0.3, 0.4) is 0 Å². The molecule has 0 aliphatic carbocycles. The highest BCUT2D eigenvalue weighted by atomic mass is 16.5. The Hall–Kier alpha value is -3.02. The molecular weight excluding hydrogens is 320 g/mol. The number of nitrogens with one attached hydrogen (secondary N) is 2. The molecule has 2 aromatic rings. The van der Waals surface area contributed by atoms with Gasteiger partial charge in [-0.3, -0.25) is 9.59 Å². The van der Waals surface area contributed by atoms with Crippen LogP contribution in [-0.4, -0.2) is 25.0 Å². The minimum Gasteiger partial charge on any atom is -0.495 e. The van der Waals surface area contributed by atoms with Crippen molar-refractivity contribution in [3.05, 3.63) is 48.0 Å². The Labute approximate surface area is 147 Å². The maximum absolute atomic E-state index is 12.4.